The Labute approximate surface area is 126 Å². The maximum Gasteiger partial charge on any atom is 0.306 e. The molecule has 6 heteroatoms. The van der Waals surface area contributed by atoms with Crippen LogP contribution < -0.4 is 5.32 Å². The minimum absolute atomic E-state index is 0.114. The highest BCUT2D eigenvalue weighted by molar-refractivity contribution is 5.98. The molecular formula is C16H15FN2O3. The van der Waals surface area contributed by atoms with Crippen molar-refractivity contribution in [1.82, 2.24) is 10.3 Å². The third-order valence-electron chi connectivity index (χ3n) is 4.04. The highest BCUT2D eigenvalue weighted by atomic mass is 19.1. The van der Waals surface area contributed by atoms with Crippen LogP contribution in [-0.4, -0.2) is 28.0 Å². The number of carboxylic acids is 1. The van der Waals surface area contributed by atoms with Gasteiger partial charge < -0.3 is 10.4 Å². The second-order valence-corrected chi connectivity index (χ2v) is 5.64. The first-order chi connectivity index (χ1) is 10.4. The second kappa shape index (κ2) is 5.36. The summed E-state index contributed by atoms with van der Waals surface area (Å²) in [7, 11) is 0. The number of aryl methyl sites for hydroxylation is 1. The van der Waals surface area contributed by atoms with E-state index in [4.69, 9.17) is 5.11 Å². The number of carboxylic acid groups (broad SMARTS) is 1. The lowest BCUT2D eigenvalue weighted by atomic mass is 9.80. The number of halogens is 1. The van der Waals surface area contributed by atoms with Crippen molar-refractivity contribution in [2.75, 3.05) is 0 Å². The molecule has 0 atom stereocenters. The third kappa shape index (κ3) is 2.64. The zero-order valence-corrected chi connectivity index (χ0v) is 12.0. The van der Waals surface area contributed by atoms with Gasteiger partial charge in [0.15, 0.2) is 0 Å². The average molecular weight is 302 g/mol. The zero-order valence-electron chi connectivity index (χ0n) is 12.0. The van der Waals surface area contributed by atoms with Gasteiger partial charge in [0.25, 0.3) is 5.91 Å². The molecule has 22 heavy (non-hydrogen) atoms. The number of nitrogens with one attached hydrogen (secondary N) is 1. The van der Waals surface area contributed by atoms with Gasteiger partial charge in [-0.25, -0.2) is 4.39 Å². The van der Waals surface area contributed by atoms with E-state index in [-0.39, 0.29) is 23.7 Å². The molecule has 5 nitrogen and oxygen atoms in total. The lowest BCUT2D eigenvalue weighted by Gasteiger charge is -2.32. The van der Waals surface area contributed by atoms with E-state index in [2.05, 4.69) is 10.3 Å². The number of carbonyl (C=O) groups excluding carboxylic acids is 1. The molecule has 1 heterocycles. The minimum atomic E-state index is -0.823. The Morgan fingerprint density at radius 3 is 2.73 bits per heavy atom. The lowest BCUT2D eigenvalue weighted by molar-refractivity contribution is -0.145. The van der Waals surface area contributed by atoms with Gasteiger partial charge in [-0.1, -0.05) is 0 Å². The highest BCUT2D eigenvalue weighted by Crippen LogP contribution is 2.28. The van der Waals surface area contributed by atoms with Crippen LogP contribution in [0.3, 0.4) is 0 Å². The topological polar surface area (TPSA) is 79.3 Å². The zero-order chi connectivity index (χ0) is 15.9. The van der Waals surface area contributed by atoms with Crippen molar-refractivity contribution in [3.05, 3.63) is 41.3 Å². The molecule has 1 fully saturated rings. The fourth-order valence-electron chi connectivity index (χ4n) is 2.67. The lowest BCUT2D eigenvalue weighted by Crippen LogP contribution is -2.46. The molecule has 2 N–H and O–H groups in total. The number of amides is 1. The monoisotopic (exact) mass is 302 g/mol. The first-order valence-corrected chi connectivity index (χ1v) is 7.04. The summed E-state index contributed by atoms with van der Waals surface area (Å²) in [4.78, 5) is 27.3. The molecule has 1 aromatic carbocycles. The smallest absolute Gasteiger partial charge is 0.306 e. The van der Waals surface area contributed by atoms with Crippen molar-refractivity contribution in [3.63, 3.8) is 0 Å². The standard InChI is InChI=1S/C16H15FN2O3/c1-8-13(6-9-2-3-11(17)7-14(9)18-8)15(20)19-12-4-10(5-12)16(21)22/h2-3,6-7,10,12H,4-5H2,1H3,(H,19,20)(H,21,22). The maximum atomic E-state index is 13.2. The quantitative estimate of drug-likeness (QED) is 0.911. The predicted molar refractivity (Wildman–Crippen MR) is 78.1 cm³/mol. The molecule has 0 aliphatic heterocycles. The SMILES string of the molecule is Cc1nc2cc(F)ccc2cc1C(=O)NC1CC(C(=O)O)C1. The van der Waals surface area contributed by atoms with E-state index in [1.807, 2.05) is 0 Å². The van der Waals surface area contributed by atoms with E-state index in [0.717, 1.165) is 0 Å². The number of hydrogen-bond acceptors (Lipinski definition) is 3. The number of pyridine rings is 1. The van der Waals surface area contributed by atoms with Crippen molar-refractivity contribution >= 4 is 22.8 Å². The van der Waals surface area contributed by atoms with Gasteiger partial charge in [0.2, 0.25) is 0 Å². The molecular weight excluding hydrogens is 287 g/mol. The van der Waals surface area contributed by atoms with Gasteiger partial charge in [0.1, 0.15) is 5.82 Å². The average Bonchev–Trinajstić information content (AvgIpc) is 2.40. The van der Waals surface area contributed by atoms with Crippen LogP contribution in [-0.2, 0) is 4.79 Å². The van der Waals surface area contributed by atoms with E-state index in [9.17, 15) is 14.0 Å². The number of rotatable bonds is 3. The Hall–Kier alpha value is -2.50. The molecule has 0 unspecified atom stereocenters. The van der Waals surface area contributed by atoms with Crippen LogP contribution in [0.1, 0.15) is 28.9 Å². The molecule has 1 aliphatic carbocycles. The number of benzene rings is 1. The summed E-state index contributed by atoms with van der Waals surface area (Å²) in [5.41, 5.74) is 1.45. The van der Waals surface area contributed by atoms with Gasteiger partial charge in [-0.2, -0.15) is 0 Å². The van der Waals surface area contributed by atoms with E-state index in [0.29, 0.717) is 35.0 Å². The third-order valence-corrected chi connectivity index (χ3v) is 4.04. The molecule has 0 radical (unpaired) electrons. The van der Waals surface area contributed by atoms with Crippen LogP contribution in [0.4, 0.5) is 4.39 Å². The summed E-state index contributed by atoms with van der Waals surface area (Å²) in [5.74, 6) is -1.84. The van der Waals surface area contributed by atoms with Gasteiger partial charge in [-0.05, 0) is 38.0 Å². The molecule has 0 spiro atoms. The summed E-state index contributed by atoms with van der Waals surface area (Å²) < 4.78 is 13.2. The van der Waals surface area contributed by atoms with Crippen molar-refractivity contribution in [1.29, 1.82) is 0 Å². The Kier molecular flexibility index (Phi) is 3.52. The molecule has 1 amide bonds. The van der Waals surface area contributed by atoms with Gasteiger partial charge in [-0.3, -0.25) is 14.6 Å². The van der Waals surface area contributed by atoms with Crippen molar-refractivity contribution < 1.29 is 19.1 Å². The summed E-state index contributed by atoms with van der Waals surface area (Å²) in [6.07, 6.45) is 0.901. The fourth-order valence-corrected chi connectivity index (χ4v) is 2.67. The van der Waals surface area contributed by atoms with Crippen molar-refractivity contribution in [2.45, 2.75) is 25.8 Å². The minimum Gasteiger partial charge on any atom is -0.481 e. The number of aliphatic carboxylic acids is 1. The van der Waals surface area contributed by atoms with Crippen LogP contribution in [0.5, 0.6) is 0 Å². The van der Waals surface area contributed by atoms with E-state index in [1.54, 1.807) is 19.1 Å². The van der Waals surface area contributed by atoms with Crippen LogP contribution in [0.15, 0.2) is 24.3 Å². The summed E-state index contributed by atoms with van der Waals surface area (Å²) in [6, 6.07) is 5.80. The normalized spacial score (nSPS) is 20.5. The summed E-state index contributed by atoms with van der Waals surface area (Å²) in [6.45, 7) is 1.69. The van der Waals surface area contributed by atoms with Crippen LogP contribution in [0.2, 0.25) is 0 Å². The molecule has 3 rings (SSSR count). The fraction of sp³-hybridized carbons (Fsp3) is 0.312. The van der Waals surface area contributed by atoms with Crippen LogP contribution in [0, 0.1) is 18.7 Å². The number of fused-ring (bicyclic) bond motifs is 1. The first kappa shape index (κ1) is 14.4. The van der Waals surface area contributed by atoms with E-state index < -0.39 is 5.97 Å². The van der Waals surface area contributed by atoms with Gasteiger partial charge in [0.05, 0.1) is 22.7 Å². The highest BCUT2D eigenvalue weighted by Gasteiger charge is 2.35. The Bertz CT molecular complexity index is 769. The molecule has 114 valence electrons. The first-order valence-electron chi connectivity index (χ1n) is 7.04. The molecule has 1 saturated carbocycles. The maximum absolute atomic E-state index is 13.2. The Balaban J connectivity index is 1.78. The van der Waals surface area contributed by atoms with Crippen LogP contribution >= 0.6 is 0 Å². The predicted octanol–water partition coefficient (Wildman–Crippen LogP) is 2.28. The molecule has 0 saturated heterocycles. The Morgan fingerprint density at radius 2 is 2.05 bits per heavy atom. The van der Waals surface area contributed by atoms with E-state index in [1.165, 1.54) is 12.1 Å². The number of carbonyl (C=O) groups is 2. The number of hydrogen-bond donors (Lipinski definition) is 2. The summed E-state index contributed by atoms with van der Waals surface area (Å²) >= 11 is 0. The van der Waals surface area contributed by atoms with Crippen LogP contribution in [0.25, 0.3) is 10.9 Å². The van der Waals surface area contributed by atoms with Crippen molar-refractivity contribution in [3.8, 4) is 0 Å². The van der Waals surface area contributed by atoms with Gasteiger partial charge >= 0.3 is 5.97 Å². The van der Waals surface area contributed by atoms with Gasteiger partial charge in [0, 0.05) is 17.5 Å². The molecule has 1 aliphatic rings. The molecule has 2 aromatic rings. The summed E-state index contributed by atoms with van der Waals surface area (Å²) in [5, 5.41) is 12.3. The molecule has 1 aromatic heterocycles. The largest absolute Gasteiger partial charge is 0.481 e. The van der Waals surface area contributed by atoms with E-state index >= 15 is 0 Å². The number of nitrogens with zero attached hydrogens (tertiary/aromatic N) is 1. The van der Waals surface area contributed by atoms with Gasteiger partial charge in [-0.15, -0.1) is 0 Å². The number of aromatic nitrogens is 1. The second-order valence-electron chi connectivity index (χ2n) is 5.64. The Morgan fingerprint density at radius 1 is 1.32 bits per heavy atom. The van der Waals surface area contributed by atoms with Crippen molar-refractivity contribution in [2.24, 2.45) is 5.92 Å². The molecule has 0 bridgehead atoms.